The van der Waals surface area contributed by atoms with Crippen LogP contribution < -0.4 is 15.8 Å². The van der Waals surface area contributed by atoms with Crippen LogP contribution in [0.3, 0.4) is 0 Å². The quantitative estimate of drug-likeness (QED) is 0.836. The molecule has 0 amide bonds. The summed E-state index contributed by atoms with van der Waals surface area (Å²) >= 11 is 0. The first-order valence-corrected chi connectivity index (χ1v) is 7.60. The summed E-state index contributed by atoms with van der Waals surface area (Å²) in [7, 11) is 0. The van der Waals surface area contributed by atoms with Crippen LogP contribution in [0.4, 0.5) is 5.82 Å². The Balaban J connectivity index is 2.03. The van der Waals surface area contributed by atoms with Crippen LogP contribution in [0, 0.1) is 5.92 Å². The van der Waals surface area contributed by atoms with E-state index in [1.807, 2.05) is 6.07 Å². The predicted molar refractivity (Wildman–Crippen MR) is 80.9 cm³/mol. The van der Waals surface area contributed by atoms with Gasteiger partial charge in [0.25, 0.3) is 0 Å². The van der Waals surface area contributed by atoms with Gasteiger partial charge in [-0.25, -0.2) is 9.97 Å². The zero-order valence-corrected chi connectivity index (χ0v) is 12.6. The van der Waals surface area contributed by atoms with E-state index >= 15 is 0 Å². The van der Waals surface area contributed by atoms with Crippen LogP contribution in [0.2, 0.25) is 0 Å². The normalized spacial score (nSPS) is 26.2. The van der Waals surface area contributed by atoms with E-state index in [-0.39, 0.29) is 5.54 Å². The van der Waals surface area contributed by atoms with Gasteiger partial charge < -0.3 is 15.8 Å². The Morgan fingerprint density at radius 2 is 2.15 bits per heavy atom. The molecule has 1 heterocycles. The third kappa shape index (κ3) is 3.82. The summed E-state index contributed by atoms with van der Waals surface area (Å²) in [6.45, 7) is 5.69. The van der Waals surface area contributed by atoms with E-state index in [0.29, 0.717) is 19.0 Å². The van der Waals surface area contributed by atoms with Gasteiger partial charge in [0, 0.05) is 12.6 Å². The molecule has 0 bridgehead atoms. The molecule has 0 atom stereocenters. The maximum Gasteiger partial charge on any atom is 0.218 e. The van der Waals surface area contributed by atoms with Gasteiger partial charge >= 0.3 is 0 Å². The van der Waals surface area contributed by atoms with Crippen LogP contribution in [0.1, 0.15) is 46.0 Å². The molecule has 1 aromatic heterocycles. The van der Waals surface area contributed by atoms with Gasteiger partial charge in [-0.1, -0.05) is 13.8 Å². The van der Waals surface area contributed by atoms with Gasteiger partial charge in [0.15, 0.2) is 0 Å². The Bertz CT molecular complexity index is 416. The third-order valence-electron chi connectivity index (χ3n) is 4.11. The first kappa shape index (κ1) is 15.0. The van der Waals surface area contributed by atoms with Crippen molar-refractivity contribution in [2.45, 2.75) is 51.5 Å². The molecule has 1 aliphatic carbocycles. The molecule has 1 saturated carbocycles. The first-order chi connectivity index (χ1) is 9.67. The molecule has 1 aliphatic rings. The summed E-state index contributed by atoms with van der Waals surface area (Å²) < 4.78 is 5.55. The van der Waals surface area contributed by atoms with E-state index in [2.05, 4.69) is 29.1 Å². The average molecular weight is 278 g/mol. The average Bonchev–Trinajstić information content (AvgIpc) is 2.48. The Hall–Kier alpha value is -1.36. The van der Waals surface area contributed by atoms with Gasteiger partial charge in [-0.15, -0.1) is 0 Å². The van der Waals surface area contributed by atoms with E-state index in [0.717, 1.165) is 31.0 Å². The van der Waals surface area contributed by atoms with Crippen molar-refractivity contribution in [1.82, 2.24) is 9.97 Å². The molecule has 112 valence electrons. The van der Waals surface area contributed by atoms with Crippen LogP contribution in [0.15, 0.2) is 12.4 Å². The molecule has 2 rings (SSSR count). The molecule has 0 unspecified atom stereocenters. The molecular weight excluding hydrogens is 252 g/mol. The van der Waals surface area contributed by atoms with Gasteiger partial charge in [-0.3, -0.25) is 0 Å². The van der Waals surface area contributed by atoms with Crippen LogP contribution in [-0.4, -0.2) is 28.7 Å². The minimum atomic E-state index is -0.0249. The second kappa shape index (κ2) is 6.88. The topological polar surface area (TPSA) is 73.1 Å². The highest BCUT2D eigenvalue weighted by atomic mass is 16.5. The lowest BCUT2D eigenvalue weighted by atomic mass is 9.77. The highest BCUT2D eigenvalue weighted by Crippen LogP contribution is 2.33. The number of ether oxygens (including phenoxy) is 1. The summed E-state index contributed by atoms with van der Waals surface area (Å²) in [6, 6.07) is 1.87. The van der Waals surface area contributed by atoms with E-state index in [1.54, 1.807) is 6.33 Å². The fraction of sp³-hybridized carbons (Fsp3) is 0.733. The second-order valence-electron chi connectivity index (χ2n) is 5.88. The SMILES string of the molecule is CCCOc1cc(NC2(CN)CCC(C)CC2)ncn1. The molecule has 20 heavy (non-hydrogen) atoms. The van der Waals surface area contributed by atoms with Crippen LogP contribution in [0.5, 0.6) is 5.88 Å². The summed E-state index contributed by atoms with van der Waals surface area (Å²) in [5.41, 5.74) is 5.99. The summed E-state index contributed by atoms with van der Waals surface area (Å²) in [5, 5.41) is 3.53. The molecule has 5 nitrogen and oxygen atoms in total. The number of hydrogen-bond acceptors (Lipinski definition) is 5. The van der Waals surface area contributed by atoms with Crippen LogP contribution in [0.25, 0.3) is 0 Å². The van der Waals surface area contributed by atoms with Gasteiger partial charge in [0.05, 0.1) is 12.1 Å². The highest BCUT2D eigenvalue weighted by molar-refractivity contribution is 5.40. The third-order valence-corrected chi connectivity index (χ3v) is 4.11. The molecule has 5 heteroatoms. The van der Waals surface area contributed by atoms with Gasteiger partial charge in [-0.05, 0) is 38.0 Å². The summed E-state index contributed by atoms with van der Waals surface area (Å²) in [6.07, 6.45) is 7.14. The van der Waals surface area contributed by atoms with Crippen molar-refractivity contribution in [1.29, 1.82) is 0 Å². The lowest BCUT2D eigenvalue weighted by molar-refractivity contribution is 0.270. The smallest absolute Gasteiger partial charge is 0.218 e. The van der Waals surface area contributed by atoms with E-state index in [9.17, 15) is 0 Å². The van der Waals surface area contributed by atoms with Crippen molar-refractivity contribution in [3.63, 3.8) is 0 Å². The highest BCUT2D eigenvalue weighted by Gasteiger charge is 2.33. The van der Waals surface area contributed by atoms with Crippen molar-refractivity contribution >= 4 is 5.82 Å². The number of nitrogens with one attached hydrogen (secondary N) is 1. The maximum atomic E-state index is 6.01. The van der Waals surface area contributed by atoms with Crippen LogP contribution >= 0.6 is 0 Å². The lowest BCUT2D eigenvalue weighted by Gasteiger charge is -2.39. The zero-order valence-electron chi connectivity index (χ0n) is 12.6. The van der Waals surface area contributed by atoms with Crippen molar-refractivity contribution < 1.29 is 4.74 Å². The standard InChI is InChI=1S/C15H26N4O/c1-3-8-20-14-9-13(17-11-18-14)19-15(10-16)6-4-12(2)5-7-15/h9,11-12H,3-8,10,16H2,1-2H3,(H,17,18,19). The van der Waals surface area contributed by atoms with Gasteiger partial charge in [0.2, 0.25) is 5.88 Å². The minimum absolute atomic E-state index is 0.0249. The van der Waals surface area contributed by atoms with Crippen molar-refractivity contribution in [3.05, 3.63) is 12.4 Å². The number of aromatic nitrogens is 2. The van der Waals surface area contributed by atoms with Crippen molar-refractivity contribution in [2.24, 2.45) is 11.7 Å². The Labute approximate surface area is 121 Å². The van der Waals surface area contributed by atoms with Crippen LogP contribution in [-0.2, 0) is 0 Å². The van der Waals surface area contributed by atoms with Crippen molar-refractivity contribution in [2.75, 3.05) is 18.5 Å². The van der Waals surface area contributed by atoms with E-state index in [4.69, 9.17) is 10.5 Å². The molecule has 0 saturated heterocycles. The fourth-order valence-electron chi connectivity index (χ4n) is 2.66. The number of anilines is 1. The van der Waals surface area contributed by atoms with Gasteiger partial charge in [0.1, 0.15) is 12.1 Å². The summed E-state index contributed by atoms with van der Waals surface area (Å²) in [4.78, 5) is 8.42. The number of nitrogens with two attached hydrogens (primary N) is 1. The van der Waals surface area contributed by atoms with E-state index in [1.165, 1.54) is 12.8 Å². The largest absolute Gasteiger partial charge is 0.478 e. The molecule has 1 fully saturated rings. The second-order valence-corrected chi connectivity index (χ2v) is 5.88. The fourth-order valence-corrected chi connectivity index (χ4v) is 2.66. The zero-order chi connectivity index (χ0) is 14.4. The monoisotopic (exact) mass is 278 g/mol. The molecular formula is C15H26N4O. The number of nitrogens with zero attached hydrogens (tertiary/aromatic N) is 2. The molecule has 3 N–H and O–H groups in total. The Morgan fingerprint density at radius 3 is 2.80 bits per heavy atom. The Morgan fingerprint density at radius 1 is 1.40 bits per heavy atom. The maximum absolute atomic E-state index is 6.01. The number of rotatable bonds is 6. The van der Waals surface area contributed by atoms with E-state index < -0.39 is 0 Å². The van der Waals surface area contributed by atoms with Gasteiger partial charge in [-0.2, -0.15) is 0 Å². The molecule has 0 radical (unpaired) electrons. The molecule has 0 spiro atoms. The summed E-state index contributed by atoms with van der Waals surface area (Å²) in [5.74, 6) is 2.23. The van der Waals surface area contributed by atoms with Crippen molar-refractivity contribution in [3.8, 4) is 5.88 Å². The molecule has 1 aromatic rings. The number of hydrogen-bond donors (Lipinski definition) is 2. The molecule has 0 aromatic carbocycles. The lowest BCUT2D eigenvalue weighted by Crippen LogP contribution is -2.48. The Kier molecular flexibility index (Phi) is 5.17. The predicted octanol–water partition coefficient (Wildman–Crippen LogP) is 2.58. The first-order valence-electron chi connectivity index (χ1n) is 7.60. The molecule has 0 aliphatic heterocycles. The minimum Gasteiger partial charge on any atom is -0.478 e.